The third-order valence-electron chi connectivity index (χ3n) is 1.71. The number of nitrogens with one attached hydrogen (secondary N) is 1. The number of ether oxygens (including phenoxy) is 1. The van der Waals surface area contributed by atoms with Crippen molar-refractivity contribution in [3.8, 4) is 0 Å². The van der Waals surface area contributed by atoms with Crippen molar-refractivity contribution in [2.45, 2.75) is 0 Å². The van der Waals surface area contributed by atoms with Gasteiger partial charge in [-0.25, -0.2) is 0 Å². The van der Waals surface area contributed by atoms with Crippen LogP contribution in [0, 0.1) is 0 Å². The molecule has 0 unspecified atom stereocenters. The van der Waals surface area contributed by atoms with Crippen molar-refractivity contribution in [1.82, 2.24) is 10.2 Å². The van der Waals surface area contributed by atoms with E-state index >= 15 is 0 Å². The SMILES string of the molecule is COCCN1CCNC(=O)C1=O. The van der Waals surface area contributed by atoms with Gasteiger partial charge < -0.3 is 15.0 Å². The maximum Gasteiger partial charge on any atom is 0.312 e. The van der Waals surface area contributed by atoms with E-state index in [9.17, 15) is 9.59 Å². The third-order valence-corrected chi connectivity index (χ3v) is 1.71. The van der Waals surface area contributed by atoms with E-state index in [0.717, 1.165) is 0 Å². The van der Waals surface area contributed by atoms with Crippen LogP contribution in [0.15, 0.2) is 0 Å². The molecule has 1 N–H and O–H groups in total. The molecule has 1 aliphatic rings. The van der Waals surface area contributed by atoms with E-state index in [1.54, 1.807) is 7.11 Å². The fourth-order valence-electron chi connectivity index (χ4n) is 1.04. The Morgan fingerprint density at radius 3 is 3.00 bits per heavy atom. The topological polar surface area (TPSA) is 58.6 Å². The highest BCUT2D eigenvalue weighted by molar-refractivity contribution is 6.35. The van der Waals surface area contributed by atoms with E-state index in [2.05, 4.69) is 5.32 Å². The van der Waals surface area contributed by atoms with Crippen LogP contribution in [0.25, 0.3) is 0 Å². The molecular weight excluding hydrogens is 160 g/mol. The fraction of sp³-hybridized carbons (Fsp3) is 0.714. The molecule has 12 heavy (non-hydrogen) atoms. The van der Waals surface area contributed by atoms with Crippen molar-refractivity contribution in [2.75, 3.05) is 33.4 Å². The third kappa shape index (κ3) is 1.94. The van der Waals surface area contributed by atoms with Crippen molar-refractivity contribution >= 4 is 11.8 Å². The highest BCUT2D eigenvalue weighted by atomic mass is 16.5. The number of methoxy groups -OCH3 is 1. The average Bonchev–Trinajstić information content (AvgIpc) is 2.08. The van der Waals surface area contributed by atoms with Gasteiger partial charge in [0.25, 0.3) is 0 Å². The molecule has 0 bridgehead atoms. The number of hydrogen-bond acceptors (Lipinski definition) is 3. The number of piperazine rings is 1. The lowest BCUT2D eigenvalue weighted by Crippen LogP contribution is -2.52. The molecule has 0 saturated carbocycles. The number of hydrogen-bond donors (Lipinski definition) is 1. The van der Waals surface area contributed by atoms with Gasteiger partial charge in [-0.05, 0) is 0 Å². The van der Waals surface area contributed by atoms with Crippen LogP contribution in [-0.4, -0.2) is 50.1 Å². The lowest BCUT2D eigenvalue weighted by Gasteiger charge is -2.25. The Kier molecular flexibility index (Phi) is 3.04. The summed E-state index contributed by atoms with van der Waals surface area (Å²) in [5, 5.41) is 2.47. The first kappa shape index (κ1) is 8.99. The van der Waals surface area contributed by atoms with Gasteiger partial charge in [0.15, 0.2) is 0 Å². The lowest BCUT2D eigenvalue weighted by molar-refractivity contribution is -0.148. The summed E-state index contributed by atoms with van der Waals surface area (Å²) >= 11 is 0. The van der Waals surface area contributed by atoms with Crippen LogP contribution in [0.4, 0.5) is 0 Å². The second-order valence-corrected chi connectivity index (χ2v) is 2.54. The van der Waals surface area contributed by atoms with Gasteiger partial charge in [0.05, 0.1) is 6.61 Å². The number of carbonyl (C=O) groups is 2. The minimum atomic E-state index is -0.516. The van der Waals surface area contributed by atoms with Gasteiger partial charge >= 0.3 is 11.8 Å². The first-order valence-corrected chi connectivity index (χ1v) is 3.81. The van der Waals surface area contributed by atoms with Crippen LogP contribution in [0.3, 0.4) is 0 Å². The minimum absolute atomic E-state index is 0.460. The normalized spacial score (nSPS) is 17.9. The molecular formula is C7H12N2O3. The van der Waals surface area contributed by atoms with Crippen molar-refractivity contribution in [1.29, 1.82) is 0 Å². The maximum atomic E-state index is 11.1. The van der Waals surface area contributed by atoms with Crippen LogP contribution >= 0.6 is 0 Å². The molecule has 1 saturated heterocycles. The van der Waals surface area contributed by atoms with Gasteiger partial charge in [-0.1, -0.05) is 0 Å². The van der Waals surface area contributed by atoms with E-state index in [1.807, 2.05) is 0 Å². The summed E-state index contributed by atoms with van der Waals surface area (Å²) in [5.74, 6) is -0.976. The van der Waals surface area contributed by atoms with E-state index in [1.165, 1.54) is 4.90 Å². The van der Waals surface area contributed by atoms with E-state index in [4.69, 9.17) is 4.74 Å². The number of rotatable bonds is 3. The molecule has 0 aromatic carbocycles. The van der Waals surface area contributed by atoms with Crippen LogP contribution in [0.5, 0.6) is 0 Å². The molecule has 0 atom stereocenters. The molecule has 0 aromatic rings. The monoisotopic (exact) mass is 172 g/mol. The molecule has 5 heteroatoms. The van der Waals surface area contributed by atoms with Gasteiger partial charge in [-0.2, -0.15) is 0 Å². The zero-order valence-corrected chi connectivity index (χ0v) is 7.00. The van der Waals surface area contributed by atoms with Crippen LogP contribution in [0.1, 0.15) is 0 Å². The van der Waals surface area contributed by atoms with Crippen molar-refractivity contribution < 1.29 is 14.3 Å². The van der Waals surface area contributed by atoms with Crippen molar-refractivity contribution in [2.24, 2.45) is 0 Å². The molecule has 1 rings (SSSR count). The minimum Gasteiger partial charge on any atom is -0.383 e. The molecule has 2 amide bonds. The molecule has 0 aromatic heterocycles. The van der Waals surface area contributed by atoms with Gasteiger partial charge in [0.1, 0.15) is 0 Å². The molecule has 1 aliphatic heterocycles. The first-order chi connectivity index (χ1) is 5.75. The fourth-order valence-corrected chi connectivity index (χ4v) is 1.04. The van der Waals surface area contributed by atoms with Crippen molar-refractivity contribution in [3.05, 3.63) is 0 Å². The molecule has 0 spiro atoms. The zero-order chi connectivity index (χ0) is 8.97. The lowest BCUT2D eigenvalue weighted by atomic mass is 10.3. The Bertz CT molecular complexity index is 193. The Hall–Kier alpha value is -1.10. The van der Waals surface area contributed by atoms with E-state index < -0.39 is 11.8 Å². The average molecular weight is 172 g/mol. The van der Waals surface area contributed by atoms with E-state index in [-0.39, 0.29) is 0 Å². The van der Waals surface area contributed by atoms with Gasteiger partial charge in [0, 0.05) is 26.7 Å². The Balaban J connectivity index is 2.41. The second kappa shape index (κ2) is 4.06. The summed E-state index contributed by atoms with van der Waals surface area (Å²) in [6, 6.07) is 0. The van der Waals surface area contributed by atoms with Crippen LogP contribution < -0.4 is 5.32 Å². The predicted molar refractivity (Wildman–Crippen MR) is 41.5 cm³/mol. The summed E-state index contributed by atoms with van der Waals surface area (Å²) < 4.78 is 4.80. The number of nitrogens with zero attached hydrogens (tertiary/aromatic N) is 1. The van der Waals surface area contributed by atoms with Crippen molar-refractivity contribution in [3.63, 3.8) is 0 Å². The van der Waals surface area contributed by atoms with Gasteiger partial charge in [-0.3, -0.25) is 9.59 Å². The second-order valence-electron chi connectivity index (χ2n) is 2.54. The summed E-state index contributed by atoms with van der Waals surface area (Å²) in [4.78, 5) is 23.4. The maximum absolute atomic E-state index is 11.1. The highest BCUT2D eigenvalue weighted by Gasteiger charge is 2.25. The van der Waals surface area contributed by atoms with Crippen LogP contribution in [-0.2, 0) is 14.3 Å². The summed E-state index contributed by atoms with van der Waals surface area (Å²) in [5.41, 5.74) is 0. The predicted octanol–water partition coefficient (Wildman–Crippen LogP) is -1.41. The Morgan fingerprint density at radius 1 is 1.58 bits per heavy atom. The molecule has 68 valence electrons. The smallest absolute Gasteiger partial charge is 0.312 e. The number of amides is 2. The summed E-state index contributed by atoms with van der Waals surface area (Å²) in [6.07, 6.45) is 0. The van der Waals surface area contributed by atoms with E-state index in [0.29, 0.717) is 26.2 Å². The Labute approximate surface area is 70.7 Å². The van der Waals surface area contributed by atoms with Gasteiger partial charge in [-0.15, -0.1) is 0 Å². The molecule has 1 fully saturated rings. The standard InChI is InChI=1S/C7H12N2O3/c1-12-5-4-9-3-2-8-6(10)7(9)11/h2-5H2,1H3,(H,8,10). The summed E-state index contributed by atoms with van der Waals surface area (Å²) in [6.45, 7) is 2.07. The van der Waals surface area contributed by atoms with Gasteiger partial charge in [0.2, 0.25) is 0 Å². The largest absolute Gasteiger partial charge is 0.383 e. The highest BCUT2D eigenvalue weighted by Crippen LogP contribution is 1.94. The quantitative estimate of drug-likeness (QED) is 0.532. The molecule has 1 heterocycles. The number of carbonyl (C=O) groups excluding carboxylic acids is 2. The van der Waals surface area contributed by atoms with Crippen LogP contribution in [0.2, 0.25) is 0 Å². The molecule has 0 radical (unpaired) electrons. The first-order valence-electron chi connectivity index (χ1n) is 3.81. The zero-order valence-electron chi connectivity index (χ0n) is 7.00. The molecule has 0 aliphatic carbocycles. The Morgan fingerprint density at radius 2 is 2.33 bits per heavy atom. The molecule has 5 nitrogen and oxygen atoms in total. The summed E-state index contributed by atoms with van der Waals surface area (Å²) in [7, 11) is 1.56.